The largest absolute Gasteiger partial charge is 0.351 e. The van der Waals surface area contributed by atoms with Gasteiger partial charge in [0.05, 0.1) is 22.8 Å². The lowest BCUT2D eigenvalue weighted by Crippen LogP contribution is -2.27. The Balaban J connectivity index is 1.78. The zero-order chi connectivity index (χ0) is 14.1. The van der Waals surface area contributed by atoms with Crippen molar-refractivity contribution in [2.45, 2.75) is 19.9 Å². The molecule has 0 unspecified atom stereocenters. The van der Waals surface area contributed by atoms with E-state index in [9.17, 15) is 4.79 Å². The van der Waals surface area contributed by atoms with Gasteiger partial charge in [0.2, 0.25) is 5.76 Å². The van der Waals surface area contributed by atoms with Crippen molar-refractivity contribution in [1.29, 1.82) is 0 Å². The van der Waals surface area contributed by atoms with Crippen LogP contribution < -0.4 is 5.32 Å². The number of carbonyl (C=O) groups excluding carboxylic acids is 1. The van der Waals surface area contributed by atoms with Crippen LogP contribution in [0.2, 0.25) is 0 Å². The molecule has 20 heavy (non-hydrogen) atoms. The minimum absolute atomic E-state index is 0.200. The maximum Gasteiger partial charge on any atom is 0.290 e. The maximum atomic E-state index is 12.0. The monoisotopic (exact) mass is 270 g/mol. The van der Waals surface area contributed by atoms with Crippen LogP contribution in [-0.4, -0.2) is 21.0 Å². The van der Waals surface area contributed by atoms with E-state index >= 15 is 0 Å². The van der Waals surface area contributed by atoms with E-state index in [0.717, 1.165) is 11.0 Å². The number of hydrogen-bond donors (Lipinski definition) is 2. The average Bonchev–Trinajstić information content (AvgIpc) is 3.04. The molecule has 0 aliphatic heterocycles. The number of aromatic nitrogens is 3. The van der Waals surface area contributed by atoms with Crippen LogP contribution in [-0.2, 0) is 0 Å². The highest BCUT2D eigenvalue weighted by Gasteiger charge is 2.17. The van der Waals surface area contributed by atoms with Gasteiger partial charge in [0.25, 0.3) is 5.91 Å². The number of H-pyrrole nitrogens is 1. The predicted molar refractivity (Wildman–Crippen MR) is 73.2 cm³/mol. The summed E-state index contributed by atoms with van der Waals surface area (Å²) < 4.78 is 4.93. The van der Waals surface area contributed by atoms with Crippen molar-refractivity contribution in [3.8, 4) is 0 Å². The molecule has 0 spiro atoms. The fraction of sp³-hybridized carbons (Fsp3) is 0.214. The topological polar surface area (TPSA) is 83.8 Å². The first kappa shape index (κ1) is 12.4. The smallest absolute Gasteiger partial charge is 0.290 e. The molecule has 1 atom stereocenters. The van der Waals surface area contributed by atoms with E-state index in [1.807, 2.05) is 31.2 Å². The second-order valence-corrected chi connectivity index (χ2v) is 4.67. The average molecular weight is 270 g/mol. The molecular weight excluding hydrogens is 256 g/mol. The zero-order valence-electron chi connectivity index (χ0n) is 11.2. The van der Waals surface area contributed by atoms with Gasteiger partial charge in [0.1, 0.15) is 5.82 Å². The van der Waals surface area contributed by atoms with Gasteiger partial charge in [-0.05, 0) is 26.0 Å². The van der Waals surface area contributed by atoms with Crippen LogP contribution in [0.15, 0.2) is 34.9 Å². The van der Waals surface area contributed by atoms with Crippen LogP contribution in [0.1, 0.15) is 35.0 Å². The van der Waals surface area contributed by atoms with E-state index < -0.39 is 0 Å². The lowest BCUT2D eigenvalue weighted by molar-refractivity contribution is 0.0901. The van der Waals surface area contributed by atoms with Crippen molar-refractivity contribution in [2.75, 3.05) is 0 Å². The van der Waals surface area contributed by atoms with E-state index in [1.165, 1.54) is 0 Å². The summed E-state index contributed by atoms with van der Waals surface area (Å²) in [5.74, 6) is 0.597. The molecule has 6 heteroatoms. The number of carbonyl (C=O) groups is 1. The summed E-state index contributed by atoms with van der Waals surface area (Å²) in [5.41, 5.74) is 2.49. The van der Waals surface area contributed by atoms with Crippen molar-refractivity contribution in [1.82, 2.24) is 20.4 Å². The fourth-order valence-electron chi connectivity index (χ4n) is 1.98. The number of para-hydroxylation sites is 2. The number of aromatic amines is 1. The van der Waals surface area contributed by atoms with Gasteiger partial charge in [0.15, 0.2) is 0 Å². The Kier molecular flexibility index (Phi) is 2.98. The molecule has 0 aliphatic rings. The molecule has 102 valence electrons. The second-order valence-electron chi connectivity index (χ2n) is 4.67. The Morgan fingerprint density at radius 1 is 1.40 bits per heavy atom. The highest BCUT2D eigenvalue weighted by molar-refractivity contribution is 5.91. The molecular formula is C14H14N4O2. The second kappa shape index (κ2) is 4.80. The van der Waals surface area contributed by atoms with Gasteiger partial charge >= 0.3 is 0 Å². The van der Waals surface area contributed by atoms with Gasteiger partial charge in [-0.25, -0.2) is 4.98 Å². The third kappa shape index (κ3) is 2.27. The number of nitrogens with one attached hydrogen (secondary N) is 2. The molecule has 1 amide bonds. The molecule has 0 fully saturated rings. The lowest BCUT2D eigenvalue weighted by Gasteiger charge is -2.09. The molecule has 0 saturated carbocycles. The molecule has 2 aromatic heterocycles. The van der Waals surface area contributed by atoms with Crippen molar-refractivity contribution in [3.05, 3.63) is 47.6 Å². The quantitative estimate of drug-likeness (QED) is 0.765. The van der Waals surface area contributed by atoms with Gasteiger partial charge in [0, 0.05) is 6.07 Å². The number of nitrogens with zero attached hydrogens (tertiary/aromatic N) is 2. The van der Waals surface area contributed by atoms with Gasteiger partial charge in [-0.2, -0.15) is 0 Å². The van der Waals surface area contributed by atoms with E-state index in [-0.39, 0.29) is 17.7 Å². The lowest BCUT2D eigenvalue weighted by atomic mass is 10.3. The molecule has 3 rings (SSSR count). The normalized spacial score (nSPS) is 12.5. The molecule has 0 bridgehead atoms. The summed E-state index contributed by atoms with van der Waals surface area (Å²) in [4.78, 5) is 19.6. The SMILES string of the molecule is Cc1cc(C(=O)N[C@@H](C)c2nc3ccccc3[nH]2)on1. The summed E-state index contributed by atoms with van der Waals surface area (Å²) in [6.07, 6.45) is 0. The predicted octanol–water partition coefficient (Wildman–Crippen LogP) is 2.35. The van der Waals surface area contributed by atoms with Crippen LogP contribution in [0.25, 0.3) is 11.0 Å². The highest BCUT2D eigenvalue weighted by Crippen LogP contribution is 2.16. The number of imidazole rings is 1. The summed E-state index contributed by atoms with van der Waals surface area (Å²) in [7, 11) is 0. The van der Waals surface area contributed by atoms with E-state index in [0.29, 0.717) is 11.5 Å². The Bertz CT molecular complexity index is 726. The first-order valence-electron chi connectivity index (χ1n) is 6.32. The van der Waals surface area contributed by atoms with Crippen molar-refractivity contribution < 1.29 is 9.32 Å². The van der Waals surface area contributed by atoms with E-state index in [4.69, 9.17) is 4.52 Å². The number of rotatable bonds is 3. The molecule has 2 N–H and O–H groups in total. The van der Waals surface area contributed by atoms with E-state index in [1.54, 1.807) is 13.0 Å². The third-order valence-corrected chi connectivity index (χ3v) is 3.02. The maximum absolute atomic E-state index is 12.0. The van der Waals surface area contributed by atoms with Crippen LogP contribution in [0.5, 0.6) is 0 Å². The standard InChI is InChI=1S/C14H14N4O2/c1-8-7-12(20-18-8)14(19)15-9(2)13-16-10-5-3-4-6-11(10)17-13/h3-7,9H,1-2H3,(H,15,19)(H,16,17)/t9-/m0/s1. The minimum atomic E-state index is -0.307. The van der Waals surface area contributed by atoms with Gasteiger partial charge in [-0.3, -0.25) is 4.79 Å². The van der Waals surface area contributed by atoms with Crippen molar-refractivity contribution in [2.24, 2.45) is 0 Å². The Labute approximate surface area is 115 Å². The molecule has 6 nitrogen and oxygen atoms in total. The van der Waals surface area contributed by atoms with Crippen LogP contribution in [0.4, 0.5) is 0 Å². The number of fused-ring (bicyclic) bond motifs is 1. The summed E-state index contributed by atoms with van der Waals surface area (Å²) in [6, 6.07) is 9.07. The highest BCUT2D eigenvalue weighted by atomic mass is 16.5. The van der Waals surface area contributed by atoms with E-state index in [2.05, 4.69) is 20.4 Å². The fourth-order valence-corrected chi connectivity index (χ4v) is 1.98. The molecule has 1 aromatic carbocycles. The van der Waals surface area contributed by atoms with Crippen molar-refractivity contribution in [3.63, 3.8) is 0 Å². The summed E-state index contributed by atoms with van der Waals surface area (Å²) in [6.45, 7) is 3.63. The minimum Gasteiger partial charge on any atom is -0.351 e. The first-order chi connectivity index (χ1) is 9.63. The van der Waals surface area contributed by atoms with Crippen LogP contribution in [0.3, 0.4) is 0 Å². The van der Waals surface area contributed by atoms with Crippen LogP contribution in [0, 0.1) is 6.92 Å². The van der Waals surface area contributed by atoms with Gasteiger partial charge in [-0.15, -0.1) is 0 Å². The van der Waals surface area contributed by atoms with Gasteiger partial charge in [-0.1, -0.05) is 17.3 Å². The number of aryl methyl sites for hydroxylation is 1. The Morgan fingerprint density at radius 2 is 2.20 bits per heavy atom. The number of benzene rings is 1. The Hall–Kier alpha value is -2.63. The molecule has 2 heterocycles. The molecule has 0 aliphatic carbocycles. The Morgan fingerprint density at radius 3 is 2.90 bits per heavy atom. The van der Waals surface area contributed by atoms with Crippen LogP contribution >= 0.6 is 0 Å². The number of hydrogen-bond acceptors (Lipinski definition) is 4. The molecule has 0 radical (unpaired) electrons. The van der Waals surface area contributed by atoms with Gasteiger partial charge < -0.3 is 14.8 Å². The van der Waals surface area contributed by atoms with Crippen molar-refractivity contribution >= 4 is 16.9 Å². The molecule has 0 saturated heterocycles. The summed E-state index contributed by atoms with van der Waals surface area (Å²) >= 11 is 0. The first-order valence-corrected chi connectivity index (χ1v) is 6.32. The number of amides is 1. The third-order valence-electron chi connectivity index (χ3n) is 3.02. The zero-order valence-corrected chi connectivity index (χ0v) is 11.2. The molecule has 3 aromatic rings. The summed E-state index contributed by atoms with van der Waals surface area (Å²) in [5, 5.41) is 6.51.